The van der Waals surface area contributed by atoms with Crippen LogP contribution in [-0.2, 0) is 0 Å². The van der Waals surface area contributed by atoms with Gasteiger partial charge in [-0.25, -0.2) is 0 Å². The van der Waals surface area contributed by atoms with Crippen molar-refractivity contribution >= 4 is 35.1 Å². The number of rotatable bonds is 3. The highest BCUT2D eigenvalue weighted by Gasteiger charge is 1.93. The van der Waals surface area contributed by atoms with Crippen molar-refractivity contribution in [3.05, 3.63) is 51.2 Å². The quantitative estimate of drug-likeness (QED) is 0.775. The van der Waals surface area contributed by atoms with Crippen molar-refractivity contribution in [3.8, 4) is 5.75 Å². The summed E-state index contributed by atoms with van der Waals surface area (Å²) in [4.78, 5) is 1.15. The predicted octanol–water partition coefficient (Wildman–Crippen LogP) is 4.58. The van der Waals surface area contributed by atoms with Crippen molar-refractivity contribution < 1.29 is 4.74 Å². The molecule has 0 aliphatic heterocycles. The lowest BCUT2D eigenvalue weighted by molar-refractivity contribution is 0.415. The van der Waals surface area contributed by atoms with Crippen LogP contribution in [0.5, 0.6) is 5.75 Å². The van der Waals surface area contributed by atoms with E-state index in [1.807, 2.05) is 36.4 Å². The molecule has 1 aromatic heterocycles. The number of methoxy groups -OCH3 is 1. The van der Waals surface area contributed by atoms with Gasteiger partial charge >= 0.3 is 0 Å². The zero-order chi connectivity index (χ0) is 11.4. The van der Waals surface area contributed by atoms with Gasteiger partial charge in [-0.1, -0.05) is 29.8 Å². The van der Waals surface area contributed by atoms with Gasteiger partial charge < -0.3 is 4.74 Å². The topological polar surface area (TPSA) is 9.23 Å². The molecule has 0 aliphatic carbocycles. The highest BCUT2D eigenvalue weighted by Crippen LogP contribution is 2.23. The number of thiophene rings is 1. The fraction of sp³-hybridized carbons (Fsp3) is 0.0769. The molecule has 0 unspecified atom stereocenters. The lowest BCUT2D eigenvalue weighted by Crippen LogP contribution is -1.81. The Labute approximate surface area is 104 Å². The van der Waals surface area contributed by atoms with E-state index in [-0.39, 0.29) is 0 Å². The van der Waals surface area contributed by atoms with Gasteiger partial charge in [-0.2, -0.15) is 0 Å². The van der Waals surface area contributed by atoms with E-state index in [1.54, 1.807) is 18.4 Å². The lowest BCUT2D eigenvalue weighted by Gasteiger charge is -1.98. The fourth-order valence-corrected chi connectivity index (χ4v) is 2.27. The number of hydrogen-bond acceptors (Lipinski definition) is 2. The van der Waals surface area contributed by atoms with Crippen molar-refractivity contribution in [3.63, 3.8) is 0 Å². The molecule has 0 fully saturated rings. The van der Waals surface area contributed by atoms with E-state index < -0.39 is 0 Å². The second kappa shape index (κ2) is 5.19. The molecule has 3 heteroatoms. The molecule has 2 aromatic rings. The Morgan fingerprint density at radius 3 is 2.38 bits per heavy atom. The minimum Gasteiger partial charge on any atom is -0.497 e. The summed E-state index contributed by atoms with van der Waals surface area (Å²) in [6.45, 7) is 0. The Balaban J connectivity index is 2.11. The van der Waals surface area contributed by atoms with Crippen molar-refractivity contribution in [1.82, 2.24) is 0 Å². The van der Waals surface area contributed by atoms with Gasteiger partial charge in [0.25, 0.3) is 0 Å². The van der Waals surface area contributed by atoms with Gasteiger partial charge in [0.1, 0.15) is 5.75 Å². The largest absolute Gasteiger partial charge is 0.497 e. The Morgan fingerprint density at radius 1 is 1.06 bits per heavy atom. The average Bonchev–Trinajstić information content (AvgIpc) is 2.73. The summed E-state index contributed by atoms with van der Waals surface area (Å²) in [7, 11) is 1.67. The van der Waals surface area contributed by atoms with Crippen LogP contribution in [0.3, 0.4) is 0 Å². The van der Waals surface area contributed by atoms with Crippen LogP contribution in [0.15, 0.2) is 36.4 Å². The minimum absolute atomic E-state index is 0.814. The maximum Gasteiger partial charge on any atom is 0.118 e. The molecule has 0 bridgehead atoms. The van der Waals surface area contributed by atoms with E-state index in [4.69, 9.17) is 16.3 Å². The van der Waals surface area contributed by atoms with Crippen LogP contribution in [0.2, 0.25) is 4.34 Å². The number of hydrogen-bond donors (Lipinski definition) is 0. The van der Waals surface area contributed by atoms with Crippen molar-refractivity contribution in [2.45, 2.75) is 0 Å². The maximum atomic E-state index is 5.85. The highest BCUT2D eigenvalue weighted by molar-refractivity contribution is 7.17. The number of benzene rings is 1. The van der Waals surface area contributed by atoms with Crippen LogP contribution >= 0.6 is 22.9 Å². The molecule has 0 aliphatic rings. The molecule has 82 valence electrons. The third-order valence-corrected chi connectivity index (χ3v) is 3.35. The molecule has 16 heavy (non-hydrogen) atoms. The Kier molecular flexibility index (Phi) is 3.65. The van der Waals surface area contributed by atoms with Crippen molar-refractivity contribution in [1.29, 1.82) is 0 Å². The van der Waals surface area contributed by atoms with E-state index in [2.05, 4.69) is 12.2 Å². The first kappa shape index (κ1) is 11.2. The summed E-state index contributed by atoms with van der Waals surface area (Å²) in [5.74, 6) is 0.872. The Bertz CT molecular complexity index is 485. The van der Waals surface area contributed by atoms with E-state index in [1.165, 1.54) is 0 Å². The molecule has 0 atom stereocenters. The molecule has 0 saturated heterocycles. The lowest BCUT2D eigenvalue weighted by atomic mass is 10.2. The highest BCUT2D eigenvalue weighted by atomic mass is 35.5. The minimum atomic E-state index is 0.814. The van der Waals surface area contributed by atoms with Crippen LogP contribution in [-0.4, -0.2) is 7.11 Å². The van der Waals surface area contributed by atoms with Gasteiger partial charge in [0.2, 0.25) is 0 Å². The van der Waals surface area contributed by atoms with Gasteiger partial charge in [0, 0.05) is 4.88 Å². The zero-order valence-corrected chi connectivity index (χ0v) is 10.4. The molecule has 1 nitrogen and oxygen atoms in total. The molecular weight excluding hydrogens is 240 g/mol. The molecule has 0 saturated carbocycles. The molecule has 1 heterocycles. The van der Waals surface area contributed by atoms with Gasteiger partial charge in [0.15, 0.2) is 0 Å². The molecular formula is C13H11ClOS. The summed E-state index contributed by atoms with van der Waals surface area (Å²) in [5, 5.41) is 0. The van der Waals surface area contributed by atoms with Crippen molar-refractivity contribution in [2.75, 3.05) is 7.11 Å². The molecule has 2 rings (SSSR count). The first-order valence-corrected chi connectivity index (χ1v) is 6.05. The average molecular weight is 251 g/mol. The number of halogens is 1. The van der Waals surface area contributed by atoms with E-state index in [9.17, 15) is 0 Å². The fourth-order valence-electron chi connectivity index (χ4n) is 1.31. The monoisotopic (exact) mass is 250 g/mol. The molecule has 0 N–H and O–H groups in total. The van der Waals surface area contributed by atoms with Gasteiger partial charge in [-0.15, -0.1) is 11.3 Å². The van der Waals surface area contributed by atoms with Gasteiger partial charge in [-0.05, 0) is 35.9 Å². The predicted molar refractivity (Wildman–Crippen MR) is 71.3 cm³/mol. The van der Waals surface area contributed by atoms with E-state index >= 15 is 0 Å². The summed E-state index contributed by atoms with van der Waals surface area (Å²) in [5.41, 5.74) is 1.14. The standard InChI is InChI=1S/C13H11ClOS/c1-15-11-5-2-10(3-6-11)4-7-12-8-9-13(14)16-12/h2-9H,1H3/b7-4+. The molecule has 0 spiro atoms. The third kappa shape index (κ3) is 2.87. The van der Waals surface area contributed by atoms with Crippen LogP contribution in [0.1, 0.15) is 10.4 Å². The second-order valence-corrected chi connectivity index (χ2v) is 5.00. The molecule has 0 amide bonds. The Hall–Kier alpha value is -1.25. The maximum absolute atomic E-state index is 5.85. The van der Waals surface area contributed by atoms with Crippen molar-refractivity contribution in [2.24, 2.45) is 0 Å². The van der Waals surface area contributed by atoms with E-state index in [0.29, 0.717) is 0 Å². The van der Waals surface area contributed by atoms with Gasteiger partial charge in [-0.3, -0.25) is 0 Å². The van der Waals surface area contributed by atoms with Crippen LogP contribution in [0.4, 0.5) is 0 Å². The molecule has 1 aromatic carbocycles. The zero-order valence-electron chi connectivity index (χ0n) is 8.81. The first-order valence-electron chi connectivity index (χ1n) is 4.85. The number of ether oxygens (including phenoxy) is 1. The first-order chi connectivity index (χ1) is 7.78. The Morgan fingerprint density at radius 2 is 1.81 bits per heavy atom. The summed E-state index contributed by atoms with van der Waals surface area (Å²) in [6, 6.07) is 11.8. The van der Waals surface area contributed by atoms with E-state index in [0.717, 1.165) is 20.5 Å². The third-order valence-electron chi connectivity index (χ3n) is 2.15. The second-order valence-electron chi connectivity index (χ2n) is 3.25. The normalized spacial score (nSPS) is 10.9. The van der Waals surface area contributed by atoms with Gasteiger partial charge in [0.05, 0.1) is 11.4 Å². The summed E-state index contributed by atoms with van der Waals surface area (Å²) < 4.78 is 5.91. The smallest absolute Gasteiger partial charge is 0.118 e. The van der Waals surface area contributed by atoms with Crippen LogP contribution < -0.4 is 4.74 Å². The summed E-state index contributed by atoms with van der Waals surface area (Å²) >= 11 is 7.42. The SMILES string of the molecule is COc1ccc(/C=C/c2ccc(Cl)s2)cc1. The van der Waals surface area contributed by atoms with Crippen LogP contribution in [0.25, 0.3) is 12.2 Å². The van der Waals surface area contributed by atoms with Crippen LogP contribution in [0, 0.1) is 0 Å². The molecule has 0 radical (unpaired) electrons. The summed E-state index contributed by atoms with van der Waals surface area (Å²) in [6.07, 6.45) is 4.11.